The molecule has 0 spiro atoms. The van der Waals surface area contributed by atoms with Crippen molar-refractivity contribution >= 4 is 5.91 Å². The molecule has 1 saturated carbocycles. The average Bonchev–Trinajstić information content (AvgIpc) is 2.93. The molecule has 2 heterocycles. The molecular weight excluding hydrogens is 178 g/mol. The van der Waals surface area contributed by atoms with Crippen molar-refractivity contribution in [3.8, 4) is 0 Å². The number of hydrogen-bond donors (Lipinski definition) is 0. The van der Waals surface area contributed by atoms with Crippen LogP contribution in [0, 0.1) is 5.92 Å². The van der Waals surface area contributed by atoms with Crippen LogP contribution in [0.4, 0.5) is 0 Å². The monoisotopic (exact) mass is 195 g/mol. The molecule has 2 aliphatic heterocycles. The molecule has 14 heavy (non-hydrogen) atoms. The van der Waals surface area contributed by atoms with Crippen molar-refractivity contribution in [2.24, 2.45) is 5.92 Å². The van der Waals surface area contributed by atoms with Gasteiger partial charge >= 0.3 is 0 Å². The largest absolute Gasteiger partial charge is 0.371 e. The number of fused-ring (bicyclic) bond motifs is 1. The summed E-state index contributed by atoms with van der Waals surface area (Å²) in [5.41, 5.74) is 0. The Kier molecular flexibility index (Phi) is 2.01. The van der Waals surface area contributed by atoms with Gasteiger partial charge in [-0.25, -0.2) is 0 Å². The Morgan fingerprint density at radius 1 is 1.36 bits per heavy atom. The number of nitrogens with zero attached hydrogens (tertiary/aromatic N) is 1. The third kappa shape index (κ3) is 1.44. The number of amides is 1. The second kappa shape index (κ2) is 3.23. The zero-order chi connectivity index (χ0) is 9.54. The van der Waals surface area contributed by atoms with Gasteiger partial charge in [0.1, 0.15) is 0 Å². The van der Waals surface area contributed by atoms with Crippen LogP contribution in [0.2, 0.25) is 0 Å². The summed E-state index contributed by atoms with van der Waals surface area (Å²) in [7, 11) is 0. The fourth-order valence-electron chi connectivity index (χ4n) is 2.99. The van der Waals surface area contributed by atoms with E-state index in [0.29, 0.717) is 24.0 Å². The molecule has 3 fully saturated rings. The van der Waals surface area contributed by atoms with Crippen LogP contribution in [-0.2, 0) is 9.53 Å². The molecule has 1 amide bonds. The van der Waals surface area contributed by atoms with Crippen molar-refractivity contribution in [2.45, 2.75) is 44.2 Å². The maximum Gasteiger partial charge on any atom is 0.223 e. The molecule has 2 unspecified atom stereocenters. The van der Waals surface area contributed by atoms with Crippen molar-refractivity contribution in [1.82, 2.24) is 4.90 Å². The highest BCUT2D eigenvalue weighted by Crippen LogP contribution is 2.37. The van der Waals surface area contributed by atoms with Gasteiger partial charge in [0.05, 0.1) is 12.7 Å². The van der Waals surface area contributed by atoms with E-state index in [1.807, 2.05) is 0 Å². The van der Waals surface area contributed by atoms with Crippen molar-refractivity contribution < 1.29 is 9.53 Å². The second-order valence-corrected chi connectivity index (χ2v) is 4.82. The lowest BCUT2D eigenvalue weighted by Gasteiger charge is -2.31. The van der Waals surface area contributed by atoms with Gasteiger partial charge in [-0.2, -0.15) is 0 Å². The average molecular weight is 195 g/mol. The number of hydrogen-bond acceptors (Lipinski definition) is 2. The zero-order valence-corrected chi connectivity index (χ0v) is 8.45. The Bertz CT molecular complexity index is 250. The van der Waals surface area contributed by atoms with E-state index in [2.05, 4.69) is 4.90 Å². The predicted molar refractivity (Wildman–Crippen MR) is 51.8 cm³/mol. The summed E-state index contributed by atoms with van der Waals surface area (Å²) in [6.07, 6.45) is 6.28. The van der Waals surface area contributed by atoms with Crippen LogP contribution in [0.1, 0.15) is 32.1 Å². The van der Waals surface area contributed by atoms with Crippen molar-refractivity contribution in [3.63, 3.8) is 0 Å². The molecule has 0 N–H and O–H groups in total. The van der Waals surface area contributed by atoms with E-state index < -0.39 is 0 Å². The first-order chi connectivity index (χ1) is 6.84. The summed E-state index contributed by atoms with van der Waals surface area (Å²) < 4.78 is 5.20. The van der Waals surface area contributed by atoms with Crippen LogP contribution in [0.25, 0.3) is 0 Å². The summed E-state index contributed by atoms with van der Waals surface area (Å²) in [5, 5.41) is 0. The molecule has 3 aliphatic rings. The minimum absolute atomic E-state index is 0.361. The van der Waals surface area contributed by atoms with Crippen LogP contribution in [-0.4, -0.2) is 36.1 Å². The van der Waals surface area contributed by atoms with E-state index in [1.165, 1.54) is 25.7 Å². The van der Waals surface area contributed by atoms with Crippen LogP contribution >= 0.6 is 0 Å². The summed E-state index contributed by atoms with van der Waals surface area (Å²) >= 11 is 0. The first-order valence-corrected chi connectivity index (χ1v) is 5.75. The second-order valence-electron chi connectivity index (χ2n) is 4.82. The fraction of sp³-hybridized carbons (Fsp3) is 0.909. The normalized spacial score (nSPS) is 41.3. The van der Waals surface area contributed by atoms with Crippen molar-refractivity contribution in [3.05, 3.63) is 0 Å². The molecular formula is C11H17NO2. The van der Waals surface area contributed by atoms with E-state index in [4.69, 9.17) is 4.74 Å². The molecule has 0 radical (unpaired) electrons. The number of ether oxygens (including phenoxy) is 1. The van der Waals surface area contributed by atoms with Gasteiger partial charge in [-0.1, -0.05) is 12.8 Å². The molecule has 0 aromatic heterocycles. The van der Waals surface area contributed by atoms with Crippen LogP contribution < -0.4 is 0 Å². The summed E-state index contributed by atoms with van der Waals surface area (Å²) in [6.45, 7) is 1.72. The van der Waals surface area contributed by atoms with Gasteiger partial charge in [-0.3, -0.25) is 4.79 Å². The summed E-state index contributed by atoms with van der Waals surface area (Å²) in [6, 6.07) is 0.556. The molecule has 3 rings (SSSR count). The van der Waals surface area contributed by atoms with Crippen LogP contribution in [0.5, 0.6) is 0 Å². The van der Waals surface area contributed by atoms with Gasteiger partial charge in [-0.05, 0) is 18.8 Å². The van der Waals surface area contributed by atoms with Gasteiger partial charge in [0, 0.05) is 19.0 Å². The number of carbonyl (C=O) groups excluding carboxylic acids is 1. The molecule has 2 saturated heterocycles. The van der Waals surface area contributed by atoms with E-state index in [1.54, 1.807) is 0 Å². The number of rotatable bonds is 2. The molecule has 3 nitrogen and oxygen atoms in total. The molecule has 1 aliphatic carbocycles. The maximum atomic E-state index is 11.8. The third-order valence-electron chi connectivity index (χ3n) is 3.83. The minimum Gasteiger partial charge on any atom is -0.371 e. The Morgan fingerprint density at radius 2 is 2.14 bits per heavy atom. The van der Waals surface area contributed by atoms with Crippen LogP contribution in [0.15, 0.2) is 0 Å². The quantitative estimate of drug-likeness (QED) is 0.620. The van der Waals surface area contributed by atoms with Crippen molar-refractivity contribution in [2.75, 3.05) is 13.2 Å². The number of likely N-dealkylation sites (tertiary alicyclic amines) is 1. The van der Waals surface area contributed by atoms with E-state index in [-0.39, 0.29) is 0 Å². The highest BCUT2D eigenvalue weighted by atomic mass is 16.6. The van der Waals surface area contributed by atoms with Crippen molar-refractivity contribution in [1.29, 1.82) is 0 Å². The summed E-state index contributed by atoms with van der Waals surface area (Å²) in [5.74, 6) is 1.03. The molecule has 3 atom stereocenters. The lowest BCUT2D eigenvalue weighted by molar-refractivity contribution is -0.129. The predicted octanol–water partition coefficient (Wildman–Crippen LogP) is 1.18. The highest BCUT2D eigenvalue weighted by Gasteiger charge is 2.42. The fourth-order valence-corrected chi connectivity index (χ4v) is 2.99. The first-order valence-electron chi connectivity index (χ1n) is 5.75. The molecule has 0 bridgehead atoms. The molecule has 0 aromatic rings. The van der Waals surface area contributed by atoms with Gasteiger partial charge in [0.2, 0.25) is 5.91 Å². The van der Waals surface area contributed by atoms with Gasteiger partial charge in [-0.15, -0.1) is 0 Å². The first kappa shape index (κ1) is 8.72. The Hall–Kier alpha value is -0.570. The SMILES string of the molecule is O=C1CC2CCCCC2N1C[C@@H]1CO1. The summed E-state index contributed by atoms with van der Waals surface area (Å²) in [4.78, 5) is 13.9. The highest BCUT2D eigenvalue weighted by molar-refractivity contribution is 5.79. The minimum atomic E-state index is 0.361. The Labute approximate surface area is 84.4 Å². The van der Waals surface area contributed by atoms with E-state index >= 15 is 0 Å². The Balaban J connectivity index is 1.70. The maximum absolute atomic E-state index is 11.8. The number of carbonyl (C=O) groups is 1. The topological polar surface area (TPSA) is 32.8 Å². The molecule has 78 valence electrons. The van der Waals surface area contributed by atoms with Gasteiger partial charge < -0.3 is 9.64 Å². The Morgan fingerprint density at radius 3 is 2.93 bits per heavy atom. The third-order valence-corrected chi connectivity index (χ3v) is 3.83. The molecule has 3 heteroatoms. The smallest absolute Gasteiger partial charge is 0.223 e. The van der Waals surface area contributed by atoms with E-state index in [9.17, 15) is 4.79 Å². The van der Waals surface area contributed by atoms with Gasteiger partial charge in [0.15, 0.2) is 0 Å². The van der Waals surface area contributed by atoms with Crippen LogP contribution in [0.3, 0.4) is 0 Å². The number of epoxide rings is 1. The lowest BCUT2D eigenvalue weighted by atomic mass is 9.85. The standard InChI is InChI=1S/C11H17NO2/c13-11-5-8-3-1-2-4-10(8)12(11)6-9-7-14-9/h8-10H,1-7H2/t8?,9-,10?/m1/s1. The zero-order valence-electron chi connectivity index (χ0n) is 8.45. The molecule has 0 aromatic carbocycles. The van der Waals surface area contributed by atoms with E-state index in [0.717, 1.165) is 19.6 Å². The van der Waals surface area contributed by atoms with Gasteiger partial charge in [0.25, 0.3) is 0 Å². The lowest BCUT2D eigenvalue weighted by Crippen LogP contribution is -2.39.